The average Bonchev–Trinajstić information content (AvgIpc) is 3.27. The van der Waals surface area contributed by atoms with Crippen LogP contribution in [0.25, 0.3) is 0 Å². The molecule has 1 aliphatic rings. The van der Waals surface area contributed by atoms with Crippen molar-refractivity contribution in [3.63, 3.8) is 0 Å². The largest absolute Gasteiger partial charge is 0.466 e. The standard InChI is InChI=1S/C25H21F3N6O4/c1-12-14(11-29)8-9-17(18(12)21(35)30-3)20-19(22(36)38-4)13(2)33(23-31-32-24(37)34(20)23)16-7-5-6-15(10-16)25(26,27)28/h5-10,20H,1-4H3,(H,30,35)(H,32,37)/t20-/m1/s1. The van der Waals surface area contributed by atoms with E-state index in [-0.39, 0.29) is 39.6 Å². The molecule has 2 N–H and O–H groups in total. The number of nitriles is 1. The van der Waals surface area contributed by atoms with Gasteiger partial charge in [0.05, 0.1) is 29.9 Å². The Balaban J connectivity index is 2.09. The van der Waals surface area contributed by atoms with Crippen LogP contribution in [0.3, 0.4) is 0 Å². The summed E-state index contributed by atoms with van der Waals surface area (Å²) in [5, 5.41) is 18.3. The van der Waals surface area contributed by atoms with Crippen LogP contribution < -0.4 is 15.9 Å². The van der Waals surface area contributed by atoms with Crippen molar-refractivity contribution in [3.05, 3.63) is 86.0 Å². The Labute approximate surface area is 213 Å². The van der Waals surface area contributed by atoms with E-state index in [1.807, 2.05) is 6.07 Å². The summed E-state index contributed by atoms with van der Waals surface area (Å²) in [4.78, 5) is 40.5. The molecule has 13 heteroatoms. The van der Waals surface area contributed by atoms with Crippen molar-refractivity contribution in [3.8, 4) is 6.07 Å². The highest BCUT2D eigenvalue weighted by atomic mass is 19.4. The zero-order chi connectivity index (χ0) is 27.9. The Bertz CT molecular complexity index is 1600. The fourth-order valence-corrected chi connectivity index (χ4v) is 4.59. The van der Waals surface area contributed by atoms with Crippen LogP contribution in [0.1, 0.15) is 45.6 Å². The summed E-state index contributed by atoms with van der Waals surface area (Å²) in [6.07, 6.45) is -4.65. The maximum absolute atomic E-state index is 13.5. The van der Waals surface area contributed by atoms with Crippen molar-refractivity contribution in [1.82, 2.24) is 20.1 Å². The number of H-pyrrole nitrogens is 1. The number of ether oxygens (including phenoxy) is 1. The first-order chi connectivity index (χ1) is 18.0. The van der Waals surface area contributed by atoms with E-state index in [0.29, 0.717) is 5.56 Å². The van der Waals surface area contributed by atoms with Crippen LogP contribution >= 0.6 is 0 Å². The van der Waals surface area contributed by atoms with Gasteiger partial charge in [-0.05, 0) is 49.2 Å². The van der Waals surface area contributed by atoms with Crippen molar-refractivity contribution in [2.45, 2.75) is 26.1 Å². The summed E-state index contributed by atoms with van der Waals surface area (Å²) in [6.45, 7) is 3.02. The number of benzene rings is 2. The third-order valence-corrected chi connectivity index (χ3v) is 6.35. The lowest BCUT2D eigenvalue weighted by Gasteiger charge is -2.36. The van der Waals surface area contributed by atoms with E-state index in [0.717, 1.165) is 23.8 Å². The zero-order valence-electron chi connectivity index (χ0n) is 20.6. The number of allylic oxidation sites excluding steroid dienone is 1. The number of aromatic amines is 1. The molecule has 0 spiro atoms. The molecule has 0 aliphatic carbocycles. The van der Waals surface area contributed by atoms with Gasteiger partial charge < -0.3 is 10.1 Å². The summed E-state index contributed by atoms with van der Waals surface area (Å²) in [5.41, 5.74) is -0.989. The van der Waals surface area contributed by atoms with Gasteiger partial charge in [-0.2, -0.15) is 18.4 Å². The molecule has 0 fully saturated rings. The number of halogens is 3. The number of methoxy groups -OCH3 is 1. The van der Waals surface area contributed by atoms with Gasteiger partial charge in [-0.25, -0.2) is 19.3 Å². The highest BCUT2D eigenvalue weighted by Crippen LogP contribution is 2.44. The van der Waals surface area contributed by atoms with E-state index in [9.17, 15) is 32.8 Å². The quantitative estimate of drug-likeness (QED) is 0.499. The number of esters is 1. The van der Waals surface area contributed by atoms with Crippen molar-refractivity contribution < 1.29 is 27.5 Å². The van der Waals surface area contributed by atoms with Gasteiger partial charge in [-0.3, -0.25) is 9.69 Å². The van der Waals surface area contributed by atoms with Gasteiger partial charge in [0.1, 0.15) is 6.04 Å². The number of amides is 1. The highest BCUT2D eigenvalue weighted by molar-refractivity contribution is 6.00. The zero-order valence-corrected chi connectivity index (χ0v) is 20.6. The topological polar surface area (TPSA) is 133 Å². The molecule has 10 nitrogen and oxygen atoms in total. The maximum atomic E-state index is 13.5. The maximum Gasteiger partial charge on any atom is 0.416 e. The van der Waals surface area contributed by atoms with Gasteiger partial charge in [0.2, 0.25) is 5.95 Å². The summed E-state index contributed by atoms with van der Waals surface area (Å²) in [5.74, 6) is -1.57. The van der Waals surface area contributed by atoms with Crippen LogP contribution in [-0.4, -0.2) is 40.8 Å². The average molecular weight is 526 g/mol. The first kappa shape index (κ1) is 26.2. The van der Waals surface area contributed by atoms with Crippen molar-refractivity contribution in [2.75, 3.05) is 19.1 Å². The minimum atomic E-state index is -4.65. The van der Waals surface area contributed by atoms with Crippen LogP contribution in [0.5, 0.6) is 0 Å². The summed E-state index contributed by atoms with van der Waals surface area (Å²) < 4.78 is 46.5. The predicted octanol–water partition coefficient (Wildman–Crippen LogP) is 3.32. The number of nitrogens with one attached hydrogen (secondary N) is 2. The molecule has 196 valence electrons. The van der Waals surface area contributed by atoms with Crippen LogP contribution in [0.4, 0.5) is 24.8 Å². The molecule has 2 heterocycles. The fourth-order valence-electron chi connectivity index (χ4n) is 4.59. The molecular weight excluding hydrogens is 505 g/mol. The third kappa shape index (κ3) is 4.09. The third-order valence-electron chi connectivity index (χ3n) is 6.35. The van der Waals surface area contributed by atoms with Gasteiger partial charge in [-0.15, -0.1) is 5.10 Å². The van der Waals surface area contributed by atoms with Gasteiger partial charge in [-0.1, -0.05) is 12.1 Å². The minimum Gasteiger partial charge on any atom is -0.466 e. The Morgan fingerprint density at radius 2 is 1.92 bits per heavy atom. The first-order valence-corrected chi connectivity index (χ1v) is 11.1. The molecule has 4 rings (SSSR count). The summed E-state index contributed by atoms with van der Waals surface area (Å²) in [6, 6.07) is 7.96. The van der Waals surface area contributed by atoms with Gasteiger partial charge >= 0.3 is 17.8 Å². The SMILES string of the molecule is CNC(=O)c1c([C@@H]2C(C(=O)OC)=C(C)N(c3cccc(C(F)(F)F)c3)c3n[nH]c(=O)n32)ccc(C#N)c1C. The van der Waals surface area contributed by atoms with E-state index in [1.165, 1.54) is 43.1 Å². The molecule has 1 aromatic heterocycles. The number of nitrogens with zero attached hydrogens (tertiary/aromatic N) is 4. The molecule has 1 aliphatic heterocycles. The van der Waals surface area contributed by atoms with Gasteiger partial charge in [0.25, 0.3) is 5.91 Å². The number of anilines is 2. The lowest BCUT2D eigenvalue weighted by atomic mass is 9.87. The van der Waals surface area contributed by atoms with Gasteiger partial charge in [0.15, 0.2) is 0 Å². The predicted molar refractivity (Wildman–Crippen MR) is 129 cm³/mol. The number of hydrogen-bond acceptors (Lipinski definition) is 7. The second kappa shape index (κ2) is 9.55. The van der Waals surface area contributed by atoms with E-state index in [4.69, 9.17) is 4.74 Å². The molecular formula is C25H21F3N6O4. The molecule has 0 bridgehead atoms. The normalized spacial score (nSPS) is 15.1. The molecule has 38 heavy (non-hydrogen) atoms. The lowest BCUT2D eigenvalue weighted by molar-refractivity contribution is -0.138. The monoisotopic (exact) mass is 526 g/mol. The number of fused-ring (bicyclic) bond motifs is 1. The molecule has 2 aromatic carbocycles. The van der Waals surface area contributed by atoms with E-state index in [2.05, 4.69) is 15.5 Å². The minimum absolute atomic E-state index is 0.0139. The smallest absolute Gasteiger partial charge is 0.416 e. The molecule has 1 atom stereocenters. The van der Waals surface area contributed by atoms with E-state index >= 15 is 0 Å². The lowest BCUT2D eigenvalue weighted by Crippen LogP contribution is -2.38. The molecule has 0 saturated heterocycles. The van der Waals surface area contributed by atoms with Crippen LogP contribution in [0.15, 0.2) is 52.5 Å². The molecule has 1 amide bonds. The Hall–Kier alpha value is -4.86. The highest BCUT2D eigenvalue weighted by Gasteiger charge is 2.41. The number of carbonyl (C=O) groups is 2. The Morgan fingerprint density at radius 3 is 2.53 bits per heavy atom. The number of carbonyl (C=O) groups excluding carboxylic acids is 2. The van der Waals surface area contributed by atoms with E-state index < -0.39 is 35.3 Å². The molecule has 0 saturated carbocycles. The van der Waals surface area contributed by atoms with E-state index in [1.54, 1.807) is 6.92 Å². The number of aromatic nitrogens is 3. The molecule has 0 radical (unpaired) electrons. The Kier molecular flexibility index (Phi) is 6.58. The fraction of sp³-hybridized carbons (Fsp3) is 0.240. The second-order valence-electron chi connectivity index (χ2n) is 8.37. The number of rotatable bonds is 4. The first-order valence-electron chi connectivity index (χ1n) is 11.1. The van der Waals surface area contributed by atoms with Crippen molar-refractivity contribution >= 4 is 23.5 Å². The summed E-state index contributed by atoms with van der Waals surface area (Å²) >= 11 is 0. The number of hydrogen-bond donors (Lipinski definition) is 2. The Morgan fingerprint density at radius 1 is 1.21 bits per heavy atom. The van der Waals surface area contributed by atoms with Crippen LogP contribution in [0, 0.1) is 18.3 Å². The van der Waals surface area contributed by atoms with Crippen molar-refractivity contribution in [1.29, 1.82) is 5.26 Å². The number of alkyl halides is 3. The van der Waals surface area contributed by atoms with Crippen LogP contribution in [0.2, 0.25) is 0 Å². The van der Waals surface area contributed by atoms with Crippen LogP contribution in [-0.2, 0) is 15.7 Å². The molecule has 0 unspecified atom stereocenters. The van der Waals surface area contributed by atoms with Gasteiger partial charge in [0, 0.05) is 24.0 Å². The van der Waals surface area contributed by atoms with Crippen molar-refractivity contribution in [2.24, 2.45) is 0 Å². The second-order valence-corrected chi connectivity index (χ2v) is 8.37. The molecule has 3 aromatic rings. The summed E-state index contributed by atoms with van der Waals surface area (Å²) in [7, 11) is 2.50.